The Balaban J connectivity index is 2.32. The Bertz CT molecular complexity index is 742. The van der Waals surface area contributed by atoms with Crippen LogP contribution in [0.25, 0.3) is 0 Å². The van der Waals surface area contributed by atoms with Crippen molar-refractivity contribution in [2.24, 2.45) is 0 Å². The van der Waals surface area contributed by atoms with Crippen molar-refractivity contribution in [3.63, 3.8) is 0 Å². The van der Waals surface area contributed by atoms with Crippen molar-refractivity contribution in [3.05, 3.63) is 53.1 Å². The highest BCUT2D eigenvalue weighted by atomic mass is 32.2. The lowest BCUT2D eigenvalue weighted by atomic mass is 10.1. The second-order valence-corrected chi connectivity index (χ2v) is 6.97. The van der Waals surface area contributed by atoms with Gasteiger partial charge >= 0.3 is 0 Å². The number of hydrogen-bond donors (Lipinski definition) is 1. The first-order valence-corrected chi connectivity index (χ1v) is 8.65. The fraction of sp³-hybridized carbons (Fsp3) is 0.294. The molecule has 0 fully saturated rings. The summed E-state index contributed by atoms with van der Waals surface area (Å²) in [6, 6.07) is 10.3. The fourth-order valence-corrected chi connectivity index (χ4v) is 3.62. The molecule has 0 saturated heterocycles. The third kappa shape index (κ3) is 3.60. The van der Waals surface area contributed by atoms with Crippen LogP contribution in [0.1, 0.15) is 23.6 Å². The van der Waals surface area contributed by atoms with Gasteiger partial charge in [-0.05, 0) is 63.1 Å². The topological polar surface area (TPSA) is 55.4 Å². The minimum atomic E-state index is -3.61. The number of rotatable bonds is 5. The van der Waals surface area contributed by atoms with Crippen LogP contribution in [-0.4, -0.2) is 15.0 Å². The van der Waals surface area contributed by atoms with Crippen molar-refractivity contribution in [1.29, 1.82) is 0 Å². The van der Waals surface area contributed by atoms with E-state index in [2.05, 4.69) is 4.72 Å². The molecule has 0 heterocycles. The van der Waals surface area contributed by atoms with Crippen LogP contribution in [0.3, 0.4) is 0 Å². The molecule has 2 aromatic rings. The molecule has 0 atom stereocenters. The van der Waals surface area contributed by atoms with Gasteiger partial charge in [0.15, 0.2) is 0 Å². The van der Waals surface area contributed by atoms with E-state index < -0.39 is 10.0 Å². The number of benzene rings is 2. The molecule has 0 amide bonds. The molecule has 0 saturated carbocycles. The van der Waals surface area contributed by atoms with Crippen LogP contribution < -0.4 is 9.46 Å². The van der Waals surface area contributed by atoms with E-state index in [1.165, 1.54) is 0 Å². The van der Waals surface area contributed by atoms with Crippen molar-refractivity contribution in [2.75, 3.05) is 11.3 Å². The van der Waals surface area contributed by atoms with Gasteiger partial charge in [-0.2, -0.15) is 0 Å². The number of sulfonamides is 1. The molecule has 0 aliphatic carbocycles. The predicted molar refractivity (Wildman–Crippen MR) is 89.1 cm³/mol. The van der Waals surface area contributed by atoms with E-state index in [1.807, 2.05) is 39.8 Å². The molecule has 4 nitrogen and oxygen atoms in total. The van der Waals surface area contributed by atoms with E-state index in [9.17, 15) is 8.42 Å². The largest absolute Gasteiger partial charge is 0.494 e. The molecule has 5 heteroatoms. The summed E-state index contributed by atoms with van der Waals surface area (Å²) in [5.74, 6) is 0.657. The molecule has 118 valence electrons. The maximum Gasteiger partial charge on any atom is 0.261 e. The summed E-state index contributed by atoms with van der Waals surface area (Å²) >= 11 is 0. The van der Waals surface area contributed by atoms with Gasteiger partial charge in [-0.25, -0.2) is 8.42 Å². The van der Waals surface area contributed by atoms with Crippen LogP contribution in [0.5, 0.6) is 5.75 Å². The zero-order chi connectivity index (χ0) is 16.3. The second kappa shape index (κ2) is 6.40. The summed E-state index contributed by atoms with van der Waals surface area (Å²) in [5, 5.41) is 0. The molecule has 1 N–H and O–H groups in total. The predicted octanol–water partition coefficient (Wildman–Crippen LogP) is 3.81. The third-order valence-electron chi connectivity index (χ3n) is 3.36. The van der Waals surface area contributed by atoms with Crippen LogP contribution in [0, 0.1) is 20.8 Å². The summed E-state index contributed by atoms with van der Waals surface area (Å²) in [6.07, 6.45) is 0. The molecule has 0 unspecified atom stereocenters. The van der Waals surface area contributed by atoms with Crippen molar-refractivity contribution >= 4 is 15.7 Å². The zero-order valence-corrected chi connectivity index (χ0v) is 14.1. The van der Waals surface area contributed by atoms with Gasteiger partial charge < -0.3 is 4.74 Å². The fourth-order valence-electron chi connectivity index (χ4n) is 2.42. The lowest BCUT2D eigenvalue weighted by Gasteiger charge is -2.14. The normalized spacial score (nSPS) is 11.3. The lowest BCUT2D eigenvalue weighted by molar-refractivity contribution is 0.340. The van der Waals surface area contributed by atoms with E-state index in [0.717, 1.165) is 16.7 Å². The molecule has 0 radical (unpaired) electrons. The monoisotopic (exact) mass is 319 g/mol. The Morgan fingerprint density at radius 1 is 1.00 bits per heavy atom. The Morgan fingerprint density at radius 3 is 2.05 bits per heavy atom. The van der Waals surface area contributed by atoms with Crippen molar-refractivity contribution in [2.45, 2.75) is 32.6 Å². The maximum atomic E-state index is 12.5. The average Bonchev–Trinajstić information content (AvgIpc) is 2.44. The minimum Gasteiger partial charge on any atom is -0.494 e. The van der Waals surface area contributed by atoms with Crippen LogP contribution in [0.15, 0.2) is 41.3 Å². The van der Waals surface area contributed by atoms with Crippen LogP contribution in [-0.2, 0) is 10.0 Å². The SMILES string of the molecule is CCOc1ccc(S(=O)(=O)Nc2c(C)cc(C)cc2C)cc1. The summed E-state index contributed by atoms with van der Waals surface area (Å²) in [4.78, 5) is 0.218. The van der Waals surface area contributed by atoms with Gasteiger partial charge in [-0.15, -0.1) is 0 Å². The standard InChI is InChI=1S/C17H21NO3S/c1-5-21-15-6-8-16(9-7-15)22(19,20)18-17-13(3)10-12(2)11-14(17)4/h6-11,18H,5H2,1-4H3. The molecular formula is C17H21NO3S. The number of anilines is 1. The first-order chi connectivity index (χ1) is 10.3. The maximum absolute atomic E-state index is 12.5. The number of hydrogen-bond acceptors (Lipinski definition) is 3. The molecule has 0 aliphatic heterocycles. The van der Waals surface area contributed by atoms with E-state index >= 15 is 0 Å². The summed E-state index contributed by atoms with van der Waals surface area (Å²) < 4.78 is 33.0. The highest BCUT2D eigenvalue weighted by Crippen LogP contribution is 2.25. The third-order valence-corrected chi connectivity index (χ3v) is 4.72. The molecule has 0 aromatic heterocycles. The molecule has 0 aliphatic rings. The summed E-state index contributed by atoms with van der Waals surface area (Å²) in [5.41, 5.74) is 3.57. The average molecular weight is 319 g/mol. The van der Waals surface area contributed by atoms with Crippen LogP contribution >= 0.6 is 0 Å². The molecular weight excluding hydrogens is 298 g/mol. The van der Waals surface area contributed by atoms with Gasteiger partial charge in [-0.3, -0.25) is 4.72 Å². The Hall–Kier alpha value is -2.01. The molecule has 2 aromatic carbocycles. The van der Waals surface area contributed by atoms with Crippen LogP contribution in [0.4, 0.5) is 5.69 Å². The Kier molecular flexibility index (Phi) is 4.76. The van der Waals surface area contributed by atoms with Gasteiger partial charge in [0.2, 0.25) is 0 Å². The quantitative estimate of drug-likeness (QED) is 0.911. The van der Waals surface area contributed by atoms with E-state index in [0.29, 0.717) is 18.0 Å². The number of ether oxygens (including phenoxy) is 1. The van der Waals surface area contributed by atoms with E-state index in [1.54, 1.807) is 24.3 Å². The van der Waals surface area contributed by atoms with Crippen molar-refractivity contribution in [1.82, 2.24) is 0 Å². The lowest BCUT2D eigenvalue weighted by Crippen LogP contribution is -2.14. The highest BCUT2D eigenvalue weighted by molar-refractivity contribution is 7.92. The highest BCUT2D eigenvalue weighted by Gasteiger charge is 2.16. The number of aryl methyl sites for hydroxylation is 3. The summed E-state index contributed by atoms with van der Waals surface area (Å²) in [6.45, 7) is 8.22. The van der Waals surface area contributed by atoms with Crippen LogP contribution in [0.2, 0.25) is 0 Å². The van der Waals surface area contributed by atoms with E-state index in [4.69, 9.17) is 4.74 Å². The Labute approximate surface area is 132 Å². The van der Waals surface area contributed by atoms with Gasteiger partial charge in [0.05, 0.1) is 17.2 Å². The smallest absolute Gasteiger partial charge is 0.261 e. The van der Waals surface area contributed by atoms with Crippen molar-refractivity contribution < 1.29 is 13.2 Å². The van der Waals surface area contributed by atoms with Gasteiger partial charge in [0.25, 0.3) is 10.0 Å². The minimum absolute atomic E-state index is 0.218. The molecule has 0 bridgehead atoms. The first kappa shape index (κ1) is 16.4. The first-order valence-electron chi connectivity index (χ1n) is 7.17. The second-order valence-electron chi connectivity index (χ2n) is 5.28. The molecule has 0 spiro atoms. The van der Waals surface area contributed by atoms with E-state index in [-0.39, 0.29) is 4.90 Å². The molecule has 2 rings (SSSR count). The zero-order valence-electron chi connectivity index (χ0n) is 13.3. The van der Waals surface area contributed by atoms with Gasteiger partial charge in [-0.1, -0.05) is 17.7 Å². The van der Waals surface area contributed by atoms with Gasteiger partial charge in [0, 0.05) is 0 Å². The van der Waals surface area contributed by atoms with Crippen molar-refractivity contribution in [3.8, 4) is 5.75 Å². The Morgan fingerprint density at radius 2 is 1.55 bits per heavy atom. The number of nitrogens with one attached hydrogen (secondary N) is 1. The molecule has 22 heavy (non-hydrogen) atoms. The summed E-state index contributed by atoms with van der Waals surface area (Å²) in [7, 11) is -3.61. The van der Waals surface area contributed by atoms with Gasteiger partial charge in [0.1, 0.15) is 5.75 Å².